The van der Waals surface area contributed by atoms with Crippen LogP contribution in [0, 0.1) is 11.8 Å². The van der Waals surface area contributed by atoms with Crippen LogP contribution in [-0.4, -0.2) is 103 Å². The first-order valence-electron chi connectivity index (χ1n) is 20.3. The van der Waals surface area contributed by atoms with Crippen LogP contribution in [0.2, 0.25) is 0 Å². The highest BCUT2D eigenvalue weighted by molar-refractivity contribution is 6.38. The molecule has 5 unspecified atom stereocenters. The van der Waals surface area contributed by atoms with E-state index >= 15 is 0 Å². The summed E-state index contributed by atoms with van der Waals surface area (Å²) < 4.78 is 33.7. The minimum Gasteiger partial charge on any atom is -0.444 e. The lowest BCUT2D eigenvalue weighted by atomic mass is 9.83. The topological polar surface area (TPSA) is 192 Å². The standard InChI is InChI=1S/C38H54F2N6O8.C3H8/c1-5-37(2,3)54-36(53)45-31(24-15-10-7-11-16-24)35(52)46-18-12-17-27(46)33(50)43-26(19-25-20-38(25,39)40)32(49)34(51)42-22-29(48)44-30(28(47)21-41-4)23-13-8-6-9-14-23;1-3-2/h6,8-9,13-14,24-27,30-31,41H,5,7,10-12,15-22H2,1-4H3,(H,42,51)(H,43,50)(H,44,48)(H,45,53);3H2,1-2H3. The number of ketones is 2. The first-order valence-corrected chi connectivity index (χ1v) is 20.3. The third-order valence-electron chi connectivity index (χ3n) is 10.6. The third kappa shape index (κ3) is 14.1. The maximum absolute atomic E-state index is 14.1. The van der Waals surface area contributed by atoms with Crippen LogP contribution in [0.5, 0.6) is 0 Å². The van der Waals surface area contributed by atoms with Gasteiger partial charge in [0.25, 0.3) is 11.8 Å². The number of hydrogen-bond acceptors (Lipinski definition) is 9. The lowest BCUT2D eigenvalue weighted by Crippen LogP contribution is -2.58. The van der Waals surface area contributed by atoms with E-state index in [0.717, 1.165) is 19.3 Å². The summed E-state index contributed by atoms with van der Waals surface area (Å²) in [5.41, 5.74) is -0.269. The number of benzene rings is 1. The number of carbonyl (C=O) groups is 7. The van der Waals surface area contributed by atoms with Crippen LogP contribution in [0.25, 0.3) is 0 Å². The van der Waals surface area contributed by atoms with E-state index < -0.39 is 96.5 Å². The number of halogens is 2. The van der Waals surface area contributed by atoms with Gasteiger partial charge in [-0.3, -0.25) is 28.8 Å². The number of likely N-dealkylation sites (N-methyl/N-ethyl adjacent to an activating group) is 1. The molecule has 1 saturated heterocycles. The smallest absolute Gasteiger partial charge is 0.408 e. The Labute approximate surface area is 334 Å². The third-order valence-corrected chi connectivity index (χ3v) is 10.6. The van der Waals surface area contributed by atoms with Crippen molar-refractivity contribution in [1.29, 1.82) is 0 Å². The van der Waals surface area contributed by atoms with Gasteiger partial charge in [0.15, 0.2) is 5.78 Å². The maximum Gasteiger partial charge on any atom is 0.408 e. The predicted molar refractivity (Wildman–Crippen MR) is 209 cm³/mol. The van der Waals surface area contributed by atoms with Gasteiger partial charge in [-0.25, -0.2) is 13.6 Å². The number of nitrogens with zero attached hydrogens (tertiary/aromatic N) is 1. The molecule has 14 nitrogen and oxygen atoms in total. The molecule has 0 spiro atoms. The zero-order valence-corrected chi connectivity index (χ0v) is 34.2. The van der Waals surface area contributed by atoms with Gasteiger partial charge in [0.2, 0.25) is 23.5 Å². The van der Waals surface area contributed by atoms with Crippen molar-refractivity contribution in [2.24, 2.45) is 11.8 Å². The second-order valence-corrected chi connectivity index (χ2v) is 15.8. The molecule has 4 rings (SSSR count). The van der Waals surface area contributed by atoms with Gasteiger partial charge < -0.3 is 36.2 Å². The van der Waals surface area contributed by atoms with Gasteiger partial charge in [0.1, 0.15) is 23.7 Å². The zero-order valence-electron chi connectivity index (χ0n) is 34.2. The van der Waals surface area contributed by atoms with Crippen LogP contribution in [0.15, 0.2) is 30.3 Å². The molecule has 5 atom stereocenters. The summed E-state index contributed by atoms with van der Waals surface area (Å²) in [6.45, 7) is 9.05. The van der Waals surface area contributed by atoms with Gasteiger partial charge in [-0.2, -0.15) is 0 Å². The zero-order chi connectivity index (χ0) is 42.3. The van der Waals surface area contributed by atoms with Gasteiger partial charge in [-0.1, -0.05) is 76.8 Å². The molecule has 5 N–H and O–H groups in total. The van der Waals surface area contributed by atoms with Crippen molar-refractivity contribution < 1.29 is 47.1 Å². The molecule has 0 bridgehead atoms. The number of carbonyl (C=O) groups excluding carboxylic acids is 7. The number of alkyl halides is 2. The monoisotopic (exact) mass is 804 g/mol. The van der Waals surface area contributed by atoms with Gasteiger partial charge in [0.05, 0.1) is 19.1 Å². The Bertz CT molecular complexity index is 1550. The molecule has 2 saturated carbocycles. The summed E-state index contributed by atoms with van der Waals surface area (Å²) >= 11 is 0. The summed E-state index contributed by atoms with van der Waals surface area (Å²) in [6, 6.07) is 3.67. The van der Waals surface area contributed by atoms with E-state index in [9.17, 15) is 42.3 Å². The van der Waals surface area contributed by atoms with E-state index in [1.165, 1.54) is 11.3 Å². The molecule has 1 heterocycles. The van der Waals surface area contributed by atoms with E-state index in [1.54, 1.807) is 51.2 Å². The normalized spacial score (nSPS) is 20.4. The van der Waals surface area contributed by atoms with Crippen molar-refractivity contribution in [2.45, 2.75) is 141 Å². The van der Waals surface area contributed by atoms with Gasteiger partial charge in [-0.15, -0.1) is 0 Å². The molecule has 0 aromatic heterocycles. The predicted octanol–water partition coefficient (Wildman–Crippen LogP) is 4.12. The summed E-state index contributed by atoms with van der Waals surface area (Å²) in [4.78, 5) is 94.1. The van der Waals surface area contributed by atoms with Crippen LogP contribution >= 0.6 is 0 Å². The maximum atomic E-state index is 14.1. The number of amides is 5. The molecule has 57 heavy (non-hydrogen) atoms. The molecule has 5 amide bonds. The number of Topliss-reactive ketones (excluding diaryl/α,β-unsaturated/α-hetero) is 2. The van der Waals surface area contributed by atoms with Gasteiger partial charge in [0, 0.05) is 18.9 Å². The minimum atomic E-state index is -3.07. The molecule has 1 aromatic carbocycles. The molecule has 1 aliphatic heterocycles. The average Bonchev–Trinajstić information content (AvgIpc) is 3.51. The summed E-state index contributed by atoms with van der Waals surface area (Å²) in [6.07, 6.45) is 4.76. The highest BCUT2D eigenvalue weighted by Crippen LogP contribution is 2.51. The quantitative estimate of drug-likeness (QED) is 0.136. The van der Waals surface area contributed by atoms with Crippen LogP contribution < -0.4 is 26.6 Å². The minimum absolute atomic E-state index is 0.0521. The fourth-order valence-corrected chi connectivity index (χ4v) is 7.01. The molecule has 0 radical (unpaired) electrons. The fourth-order valence-electron chi connectivity index (χ4n) is 7.01. The lowest BCUT2D eigenvalue weighted by molar-refractivity contribution is -0.143. The first-order chi connectivity index (χ1) is 27.0. The van der Waals surface area contributed by atoms with Crippen molar-refractivity contribution in [3.05, 3.63) is 35.9 Å². The van der Waals surface area contributed by atoms with Gasteiger partial charge >= 0.3 is 6.09 Å². The van der Waals surface area contributed by atoms with Crippen molar-refractivity contribution in [1.82, 2.24) is 31.5 Å². The highest BCUT2D eigenvalue weighted by atomic mass is 19.3. The van der Waals surface area contributed by atoms with Crippen LogP contribution in [0.3, 0.4) is 0 Å². The largest absolute Gasteiger partial charge is 0.444 e. The first kappa shape index (κ1) is 46.9. The van der Waals surface area contributed by atoms with E-state index in [-0.39, 0.29) is 31.2 Å². The second-order valence-electron chi connectivity index (χ2n) is 15.8. The molecule has 2 aliphatic carbocycles. The van der Waals surface area contributed by atoms with Crippen molar-refractivity contribution >= 4 is 41.3 Å². The number of hydrogen-bond donors (Lipinski definition) is 5. The van der Waals surface area contributed by atoms with Crippen molar-refractivity contribution in [2.75, 3.05) is 26.7 Å². The summed E-state index contributed by atoms with van der Waals surface area (Å²) in [7, 11) is 1.57. The van der Waals surface area contributed by atoms with Gasteiger partial charge in [-0.05, 0) is 70.9 Å². The van der Waals surface area contributed by atoms with Crippen molar-refractivity contribution in [3.8, 4) is 0 Å². The lowest BCUT2D eigenvalue weighted by Gasteiger charge is -2.35. The Balaban J connectivity index is 0.00000281. The van der Waals surface area contributed by atoms with E-state index in [4.69, 9.17) is 4.74 Å². The second kappa shape index (κ2) is 21.9. The van der Waals surface area contributed by atoms with Crippen molar-refractivity contribution in [3.63, 3.8) is 0 Å². The van der Waals surface area contributed by atoms with Crippen LogP contribution in [0.1, 0.15) is 117 Å². The van der Waals surface area contributed by atoms with Crippen LogP contribution in [0.4, 0.5) is 13.6 Å². The van der Waals surface area contributed by atoms with E-state index in [1.807, 2.05) is 6.92 Å². The van der Waals surface area contributed by atoms with Crippen LogP contribution in [-0.2, 0) is 33.5 Å². The molecule has 16 heteroatoms. The van der Waals surface area contributed by atoms with E-state index in [0.29, 0.717) is 31.2 Å². The molecule has 3 aliphatic rings. The molecular formula is C41H62F2N6O8. The highest BCUT2D eigenvalue weighted by Gasteiger charge is 2.58. The fraction of sp³-hybridized carbons (Fsp3) is 0.683. The SMILES string of the molecule is CCC.CCC(C)(C)OC(=O)NC(C(=O)N1CCCC1C(=O)NC(CC1CC1(F)F)C(=O)C(=O)NCC(=O)NC(C(=O)CNC)c1ccccc1)C1CCCCC1. The number of rotatable bonds is 18. The Morgan fingerprint density at radius 2 is 1.53 bits per heavy atom. The number of ether oxygens (including phenoxy) is 1. The molecule has 3 fully saturated rings. The number of nitrogens with one attached hydrogen (secondary N) is 5. The summed E-state index contributed by atoms with van der Waals surface area (Å²) in [5.74, 6) is -9.44. The molecular weight excluding hydrogens is 742 g/mol. The Kier molecular flexibility index (Phi) is 18.0. The Morgan fingerprint density at radius 3 is 2.11 bits per heavy atom. The number of alkyl carbamates (subject to hydrolysis) is 1. The number of likely N-dealkylation sites (tertiary alicyclic amines) is 1. The molecule has 1 aromatic rings. The van der Waals surface area contributed by atoms with E-state index in [2.05, 4.69) is 40.4 Å². The Hall–Kier alpha value is -4.47. The Morgan fingerprint density at radius 1 is 0.895 bits per heavy atom. The summed E-state index contributed by atoms with van der Waals surface area (Å²) in [5, 5.41) is 12.7. The average molecular weight is 805 g/mol. The molecule has 318 valence electrons.